The number of carbonyl (C=O) groups excluding carboxylic acids is 1. The van der Waals surface area contributed by atoms with E-state index in [9.17, 15) is 4.79 Å². The fraction of sp³-hybridized carbons (Fsp3) is 0.923. The van der Waals surface area contributed by atoms with Crippen LogP contribution in [0.15, 0.2) is 0 Å². The molecular formula is C13H25ClN2O3. The van der Waals surface area contributed by atoms with Crippen molar-refractivity contribution in [1.82, 2.24) is 10.2 Å². The fourth-order valence-electron chi connectivity index (χ4n) is 2.55. The molecule has 1 amide bonds. The molecule has 3 unspecified atom stereocenters. The molecule has 2 aliphatic heterocycles. The molecule has 0 radical (unpaired) electrons. The minimum atomic E-state index is 0. The van der Waals surface area contributed by atoms with E-state index in [1.54, 1.807) is 0 Å². The third kappa shape index (κ3) is 4.60. The minimum Gasteiger partial charge on any atom is -0.375 e. The molecule has 112 valence electrons. The molecule has 0 aromatic rings. The summed E-state index contributed by atoms with van der Waals surface area (Å²) in [5, 5.41) is 3.26. The van der Waals surface area contributed by atoms with Crippen LogP contribution in [0.3, 0.4) is 0 Å². The van der Waals surface area contributed by atoms with Crippen molar-refractivity contribution in [2.24, 2.45) is 0 Å². The van der Waals surface area contributed by atoms with Crippen LogP contribution in [-0.4, -0.2) is 61.9 Å². The van der Waals surface area contributed by atoms with Crippen LogP contribution in [0, 0.1) is 0 Å². The Hall–Kier alpha value is -0.360. The lowest BCUT2D eigenvalue weighted by Gasteiger charge is -2.39. The van der Waals surface area contributed by atoms with Gasteiger partial charge in [0.25, 0.3) is 0 Å². The average Bonchev–Trinajstić information content (AvgIpc) is 2.40. The summed E-state index contributed by atoms with van der Waals surface area (Å²) >= 11 is 0. The van der Waals surface area contributed by atoms with Crippen LogP contribution >= 0.6 is 12.4 Å². The van der Waals surface area contributed by atoms with Gasteiger partial charge in [0.15, 0.2) is 0 Å². The van der Waals surface area contributed by atoms with Crippen LogP contribution in [0.2, 0.25) is 0 Å². The molecule has 2 rings (SSSR count). The molecule has 5 nitrogen and oxygen atoms in total. The van der Waals surface area contributed by atoms with Gasteiger partial charge in [-0.15, -0.1) is 12.4 Å². The number of hydrogen-bond donors (Lipinski definition) is 1. The summed E-state index contributed by atoms with van der Waals surface area (Å²) in [7, 11) is 0. The van der Waals surface area contributed by atoms with Crippen LogP contribution in [0.5, 0.6) is 0 Å². The quantitative estimate of drug-likeness (QED) is 0.836. The first-order chi connectivity index (χ1) is 8.70. The predicted octanol–water partition coefficient (Wildman–Crippen LogP) is 0.813. The molecule has 2 heterocycles. The van der Waals surface area contributed by atoms with Gasteiger partial charge < -0.3 is 19.7 Å². The van der Waals surface area contributed by atoms with Gasteiger partial charge in [-0.2, -0.15) is 0 Å². The molecule has 2 fully saturated rings. The Bertz CT molecular complexity index is 285. The van der Waals surface area contributed by atoms with Crippen molar-refractivity contribution in [3.63, 3.8) is 0 Å². The number of hydrogen-bond acceptors (Lipinski definition) is 4. The van der Waals surface area contributed by atoms with Crippen LogP contribution in [0.25, 0.3) is 0 Å². The van der Waals surface area contributed by atoms with Gasteiger partial charge >= 0.3 is 0 Å². The van der Waals surface area contributed by atoms with Crippen LogP contribution < -0.4 is 5.32 Å². The number of morpholine rings is 2. The van der Waals surface area contributed by atoms with Gasteiger partial charge in [-0.1, -0.05) is 6.92 Å². The SMILES string of the molecule is CCC1COC(C)CN1C(=O)CC1CNCCO1.Cl. The number of amides is 1. The van der Waals surface area contributed by atoms with E-state index < -0.39 is 0 Å². The molecule has 6 heteroatoms. The number of halogens is 1. The van der Waals surface area contributed by atoms with E-state index in [0.29, 0.717) is 26.2 Å². The van der Waals surface area contributed by atoms with Gasteiger partial charge in [0.2, 0.25) is 5.91 Å². The van der Waals surface area contributed by atoms with Crippen molar-refractivity contribution in [1.29, 1.82) is 0 Å². The fourth-order valence-corrected chi connectivity index (χ4v) is 2.55. The standard InChI is InChI=1S/C13H24N2O3.ClH/c1-3-11-9-18-10(2)8-15(11)13(16)6-12-7-14-4-5-17-12;/h10-12,14H,3-9H2,1-2H3;1H. The Kier molecular flexibility index (Phi) is 7.07. The van der Waals surface area contributed by atoms with E-state index in [0.717, 1.165) is 19.5 Å². The first-order valence-corrected chi connectivity index (χ1v) is 6.94. The maximum Gasteiger partial charge on any atom is 0.225 e. The summed E-state index contributed by atoms with van der Waals surface area (Å²) in [6.07, 6.45) is 1.60. The van der Waals surface area contributed by atoms with Crippen molar-refractivity contribution in [3.8, 4) is 0 Å². The highest BCUT2D eigenvalue weighted by Crippen LogP contribution is 2.17. The monoisotopic (exact) mass is 292 g/mol. The Morgan fingerprint density at radius 1 is 1.42 bits per heavy atom. The molecule has 0 aromatic heterocycles. The van der Waals surface area contributed by atoms with Gasteiger partial charge in [0.1, 0.15) is 0 Å². The summed E-state index contributed by atoms with van der Waals surface area (Å²) in [6.45, 7) is 7.85. The zero-order valence-corrected chi connectivity index (χ0v) is 12.6. The first-order valence-electron chi connectivity index (χ1n) is 6.94. The van der Waals surface area contributed by atoms with Gasteiger partial charge in [0, 0.05) is 19.6 Å². The second kappa shape index (κ2) is 8.04. The predicted molar refractivity (Wildman–Crippen MR) is 75.7 cm³/mol. The highest BCUT2D eigenvalue weighted by molar-refractivity contribution is 5.85. The summed E-state index contributed by atoms with van der Waals surface area (Å²) in [5.41, 5.74) is 0. The molecule has 2 aliphatic rings. The number of nitrogens with one attached hydrogen (secondary N) is 1. The van der Waals surface area contributed by atoms with Crippen LogP contribution in [0.4, 0.5) is 0 Å². The van der Waals surface area contributed by atoms with Gasteiger partial charge in [-0.3, -0.25) is 4.79 Å². The Balaban J connectivity index is 0.00000180. The van der Waals surface area contributed by atoms with Gasteiger partial charge in [-0.05, 0) is 13.3 Å². The minimum absolute atomic E-state index is 0. The third-order valence-corrected chi connectivity index (χ3v) is 3.67. The molecular weight excluding hydrogens is 268 g/mol. The van der Waals surface area contributed by atoms with Crippen molar-refractivity contribution in [3.05, 3.63) is 0 Å². The number of nitrogens with zero attached hydrogens (tertiary/aromatic N) is 1. The first kappa shape index (κ1) is 16.7. The average molecular weight is 293 g/mol. The van der Waals surface area contributed by atoms with Crippen molar-refractivity contribution in [2.75, 3.05) is 32.8 Å². The zero-order valence-electron chi connectivity index (χ0n) is 11.8. The second-order valence-electron chi connectivity index (χ2n) is 5.15. The number of rotatable bonds is 3. The lowest BCUT2D eigenvalue weighted by molar-refractivity contribution is -0.147. The molecule has 0 spiro atoms. The number of carbonyl (C=O) groups is 1. The number of ether oxygens (including phenoxy) is 2. The third-order valence-electron chi connectivity index (χ3n) is 3.67. The molecule has 0 aromatic carbocycles. The topological polar surface area (TPSA) is 50.8 Å². The van der Waals surface area contributed by atoms with E-state index in [-0.39, 0.29) is 36.6 Å². The zero-order chi connectivity index (χ0) is 13.0. The van der Waals surface area contributed by atoms with Crippen LogP contribution in [-0.2, 0) is 14.3 Å². The molecule has 2 saturated heterocycles. The summed E-state index contributed by atoms with van der Waals surface area (Å²) in [5.74, 6) is 0.200. The summed E-state index contributed by atoms with van der Waals surface area (Å²) in [6, 6.07) is 0.227. The second-order valence-corrected chi connectivity index (χ2v) is 5.15. The van der Waals surface area contributed by atoms with E-state index in [4.69, 9.17) is 9.47 Å². The highest BCUT2D eigenvalue weighted by Gasteiger charge is 2.30. The lowest BCUT2D eigenvalue weighted by atomic mass is 10.1. The molecule has 19 heavy (non-hydrogen) atoms. The Labute approximate surface area is 121 Å². The summed E-state index contributed by atoms with van der Waals surface area (Å²) < 4.78 is 11.2. The van der Waals surface area contributed by atoms with Gasteiger partial charge in [0.05, 0.1) is 37.9 Å². The largest absolute Gasteiger partial charge is 0.375 e. The van der Waals surface area contributed by atoms with E-state index in [1.165, 1.54) is 0 Å². The molecule has 0 bridgehead atoms. The highest BCUT2D eigenvalue weighted by atomic mass is 35.5. The maximum atomic E-state index is 12.3. The van der Waals surface area contributed by atoms with Crippen molar-refractivity contribution in [2.45, 2.75) is 44.9 Å². The Morgan fingerprint density at radius 3 is 2.84 bits per heavy atom. The normalized spacial score (nSPS) is 31.7. The smallest absolute Gasteiger partial charge is 0.225 e. The van der Waals surface area contributed by atoms with Gasteiger partial charge in [-0.25, -0.2) is 0 Å². The Morgan fingerprint density at radius 2 is 2.21 bits per heavy atom. The van der Waals surface area contributed by atoms with E-state index in [1.807, 2.05) is 11.8 Å². The molecule has 1 N–H and O–H groups in total. The molecule has 0 aliphatic carbocycles. The van der Waals surface area contributed by atoms with Crippen LogP contribution in [0.1, 0.15) is 26.7 Å². The summed E-state index contributed by atoms with van der Waals surface area (Å²) in [4.78, 5) is 14.3. The van der Waals surface area contributed by atoms with E-state index >= 15 is 0 Å². The lowest BCUT2D eigenvalue weighted by Crippen LogP contribution is -2.52. The molecule has 0 saturated carbocycles. The maximum absolute atomic E-state index is 12.3. The van der Waals surface area contributed by atoms with Crippen molar-refractivity contribution < 1.29 is 14.3 Å². The van der Waals surface area contributed by atoms with E-state index in [2.05, 4.69) is 12.2 Å². The van der Waals surface area contributed by atoms with Crippen molar-refractivity contribution >= 4 is 18.3 Å². The molecule has 3 atom stereocenters.